The molecule has 92 valence electrons. The molecule has 4 N–H and O–H groups in total. The Bertz CT molecular complexity index is 280. The number of hydrogen-bond acceptors (Lipinski definition) is 3. The van der Waals surface area contributed by atoms with Gasteiger partial charge in [0.2, 0.25) is 5.91 Å². The van der Waals surface area contributed by atoms with Gasteiger partial charge in [-0.1, -0.05) is 6.92 Å². The Morgan fingerprint density at radius 3 is 2.38 bits per heavy atom. The molecule has 0 aromatic heterocycles. The lowest BCUT2D eigenvalue weighted by atomic mass is 10.2. The molecule has 7 heteroatoms. The predicted molar refractivity (Wildman–Crippen MR) is 56.7 cm³/mol. The van der Waals surface area contributed by atoms with E-state index in [0.29, 0.717) is 6.54 Å². The molecule has 7 nitrogen and oxygen atoms in total. The molecule has 3 amide bonds. The van der Waals surface area contributed by atoms with Gasteiger partial charge >= 0.3 is 12.0 Å². The van der Waals surface area contributed by atoms with Gasteiger partial charge in [0, 0.05) is 13.6 Å². The molecule has 0 aliphatic heterocycles. The Labute approximate surface area is 93.6 Å². The van der Waals surface area contributed by atoms with Crippen molar-refractivity contribution in [1.82, 2.24) is 10.2 Å². The summed E-state index contributed by atoms with van der Waals surface area (Å²) in [5.74, 6) is -2.05. The van der Waals surface area contributed by atoms with Gasteiger partial charge in [-0.3, -0.25) is 4.79 Å². The highest BCUT2D eigenvalue weighted by atomic mass is 16.4. The number of carbonyl (C=O) groups excluding carboxylic acids is 2. The second-order valence-corrected chi connectivity index (χ2v) is 3.43. The number of rotatable bonds is 6. The van der Waals surface area contributed by atoms with Gasteiger partial charge in [0.25, 0.3) is 0 Å². The molecule has 0 saturated heterocycles. The minimum Gasteiger partial charge on any atom is -0.480 e. The summed E-state index contributed by atoms with van der Waals surface area (Å²) in [6.45, 7) is 2.40. The van der Waals surface area contributed by atoms with Crippen molar-refractivity contribution in [1.29, 1.82) is 0 Å². The van der Waals surface area contributed by atoms with E-state index in [-0.39, 0.29) is 0 Å². The summed E-state index contributed by atoms with van der Waals surface area (Å²) in [5.41, 5.74) is 4.87. The SMILES string of the molecule is CCCN(C)C(=O)N[C@H](CC(N)=O)C(=O)O. The van der Waals surface area contributed by atoms with Gasteiger partial charge in [-0.25, -0.2) is 9.59 Å². The third-order valence-electron chi connectivity index (χ3n) is 1.91. The van der Waals surface area contributed by atoms with Gasteiger partial charge < -0.3 is 21.1 Å². The lowest BCUT2D eigenvalue weighted by molar-refractivity contribution is -0.140. The van der Waals surface area contributed by atoms with Gasteiger partial charge in [0.1, 0.15) is 6.04 Å². The van der Waals surface area contributed by atoms with Crippen molar-refractivity contribution in [3.05, 3.63) is 0 Å². The number of nitrogens with two attached hydrogens (primary N) is 1. The highest BCUT2D eigenvalue weighted by Crippen LogP contribution is 1.95. The smallest absolute Gasteiger partial charge is 0.326 e. The Balaban J connectivity index is 4.34. The van der Waals surface area contributed by atoms with Crippen LogP contribution in [-0.4, -0.2) is 47.5 Å². The average molecular weight is 231 g/mol. The maximum atomic E-state index is 11.4. The minimum atomic E-state index is -1.28. The number of carbonyl (C=O) groups is 3. The van der Waals surface area contributed by atoms with Gasteiger partial charge in [0.15, 0.2) is 0 Å². The predicted octanol–water partition coefficient (Wildman–Crippen LogP) is -0.634. The second-order valence-electron chi connectivity index (χ2n) is 3.43. The highest BCUT2D eigenvalue weighted by Gasteiger charge is 2.23. The van der Waals surface area contributed by atoms with E-state index in [9.17, 15) is 14.4 Å². The zero-order valence-corrected chi connectivity index (χ0v) is 9.40. The van der Waals surface area contributed by atoms with Crippen molar-refractivity contribution in [3.8, 4) is 0 Å². The zero-order valence-electron chi connectivity index (χ0n) is 9.40. The number of aliphatic carboxylic acids is 1. The number of primary amides is 1. The van der Waals surface area contributed by atoms with Crippen LogP contribution in [0.4, 0.5) is 4.79 Å². The summed E-state index contributed by atoms with van der Waals surface area (Å²) in [6.07, 6.45) is 0.346. The monoisotopic (exact) mass is 231 g/mol. The maximum absolute atomic E-state index is 11.4. The summed E-state index contributed by atoms with van der Waals surface area (Å²) in [6, 6.07) is -1.81. The first-order chi connectivity index (χ1) is 7.38. The third-order valence-corrected chi connectivity index (χ3v) is 1.91. The Morgan fingerprint density at radius 1 is 1.44 bits per heavy atom. The van der Waals surface area contributed by atoms with Crippen LogP contribution in [0.2, 0.25) is 0 Å². The van der Waals surface area contributed by atoms with Crippen LogP contribution in [0.15, 0.2) is 0 Å². The lowest BCUT2D eigenvalue weighted by Gasteiger charge is -2.20. The van der Waals surface area contributed by atoms with Gasteiger partial charge in [-0.05, 0) is 6.42 Å². The van der Waals surface area contributed by atoms with Crippen LogP contribution >= 0.6 is 0 Å². The van der Waals surface area contributed by atoms with Crippen molar-refractivity contribution in [2.75, 3.05) is 13.6 Å². The van der Waals surface area contributed by atoms with Crippen LogP contribution in [0.5, 0.6) is 0 Å². The largest absolute Gasteiger partial charge is 0.480 e. The van der Waals surface area contributed by atoms with Crippen LogP contribution < -0.4 is 11.1 Å². The number of hydrogen-bond donors (Lipinski definition) is 3. The van der Waals surface area contributed by atoms with E-state index in [1.807, 2.05) is 6.92 Å². The number of nitrogens with zero attached hydrogens (tertiary/aromatic N) is 1. The molecule has 0 radical (unpaired) electrons. The molecule has 0 aliphatic carbocycles. The quantitative estimate of drug-likeness (QED) is 0.564. The van der Waals surface area contributed by atoms with Crippen molar-refractivity contribution >= 4 is 17.9 Å². The summed E-state index contributed by atoms with van der Waals surface area (Å²) < 4.78 is 0. The summed E-state index contributed by atoms with van der Waals surface area (Å²) >= 11 is 0. The first kappa shape index (κ1) is 14.2. The van der Waals surface area contributed by atoms with Crippen LogP contribution in [-0.2, 0) is 9.59 Å². The number of amides is 3. The standard InChI is InChI=1S/C9H17N3O4/c1-3-4-12(2)9(16)11-6(8(14)15)5-7(10)13/h6H,3-5H2,1-2H3,(H2,10,13)(H,11,16)(H,14,15)/t6-/m1/s1. The van der Waals surface area contributed by atoms with Gasteiger partial charge in [0.05, 0.1) is 6.42 Å². The fourth-order valence-electron chi connectivity index (χ4n) is 1.10. The number of carboxylic acids is 1. The first-order valence-electron chi connectivity index (χ1n) is 4.91. The molecule has 0 fully saturated rings. The maximum Gasteiger partial charge on any atom is 0.326 e. The van der Waals surface area contributed by atoms with Crippen molar-refractivity contribution < 1.29 is 19.5 Å². The fourth-order valence-corrected chi connectivity index (χ4v) is 1.10. The molecule has 0 aromatic carbocycles. The molecular formula is C9H17N3O4. The number of nitrogens with one attached hydrogen (secondary N) is 1. The molecule has 0 unspecified atom stereocenters. The summed E-state index contributed by atoms with van der Waals surface area (Å²) in [7, 11) is 1.54. The minimum absolute atomic E-state index is 0.416. The second kappa shape index (κ2) is 6.65. The van der Waals surface area contributed by atoms with Crippen LogP contribution in [0, 0.1) is 0 Å². The summed E-state index contributed by atoms with van der Waals surface area (Å²) in [4.78, 5) is 34.1. The van der Waals surface area contributed by atoms with E-state index >= 15 is 0 Å². The zero-order chi connectivity index (χ0) is 12.7. The Hall–Kier alpha value is -1.79. The molecule has 0 rings (SSSR count). The molecule has 0 aromatic rings. The third kappa shape index (κ3) is 5.18. The van der Waals surface area contributed by atoms with E-state index in [4.69, 9.17) is 10.8 Å². The fraction of sp³-hybridized carbons (Fsp3) is 0.667. The van der Waals surface area contributed by atoms with E-state index in [1.54, 1.807) is 7.05 Å². The van der Waals surface area contributed by atoms with Crippen LogP contribution in [0.1, 0.15) is 19.8 Å². The van der Waals surface area contributed by atoms with Crippen LogP contribution in [0.25, 0.3) is 0 Å². The summed E-state index contributed by atoms with van der Waals surface area (Å²) in [5, 5.41) is 11.0. The molecule has 0 aliphatic rings. The molecular weight excluding hydrogens is 214 g/mol. The molecule has 1 atom stereocenters. The topological polar surface area (TPSA) is 113 Å². The van der Waals surface area contributed by atoms with E-state index < -0.39 is 30.4 Å². The van der Waals surface area contributed by atoms with Gasteiger partial charge in [-0.2, -0.15) is 0 Å². The van der Waals surface area contributed by atoms with Crippen molar-refractivity contribution in [3.63, 3.8) is 0 Å². The molecule has 16 heavy (non-hydrogen) atoms. The van der Waals surface area contributed by atoms with E-state index in [1.165, 1.54) is 4.90 Å². The number of urea groups is 1. The molecule has 0 bridgehead atoms. The number of carboxylic acid groups (broad SMARTS) is 1. The van der Waals surface area contributed by atoms with Crippen LogP contribution in [0.3, 0.4) is 0 Å². The molecule has 0 heterocycles. The molecule has 0 spiro atoms. The first-order valence-corrected chi connectivity index (χ1v) is 4.91. The Morgan fingerprint density at radius 2 is 2.00 bits per heavy atom. The normalized spacial score (nSPS) is 11.6. The van der Waals surface area contributed by atoms with E-state index in [2.05, 4.69) is 5.32 Å². The van der Waals surface area contributed by atoms with Gasteiger partial charge in [-0.15, -0.1) is 0 Å². The lowest BCUT2D eigenvalue weighted by Crippen LogP contribution is -2.48. The highest BCUT2D eigenvalue weighted by molar-refractivity contribution is 5.87. The van der Waals surface area contributed by atoms with Crippen molar-refractivity contribution in [2.24, 2.45) is 5.73 Å². The van der Waals surface area contributed by atoms with E-state index in [0.717, 1.165) is 6.42 Å². The van der Waals surface area contributed by atoms with Crippen molar-refractivity contribution in [2.45, 2.75) is 25.8 Å². The molecule has 0 saturated carbocycles. The Kier molecular flexibility index (Phi) is 5.91. The average Bonchev–Trinajstić information content (AvgIpc) is 2.16.